The fourth-order valence-corrected chi connectivity index (χ4v) is 3.88. The summed E-state index contributed by atoms with van der Waals surface area (Å²) in [4.78, 5) is 3.76. The molecule has 1 aliphatic rings. The van der Waals surface area contributed by atoms with Crippen LogP contribution in [0.3, 0.4) is 0 Å². The van der Waals surface area contributed by atoms with Gasteiger partial charge in [0, 0.05) is 18.8 Å². The molecule has 2 aromatic rings. The van der Waals surface area contributed by atoms with Gasteiger partial charge < -0.3 is 4.74 Å². The van der Waals surface area contributed by atoms with Crippen LogP contribution in [0.4, 0.5) is 8.78 Å². The predicted molar refractivity (Wildman–Crippen MR) is 78.4 cm³/mol. The maximum Gasteiger partial charge on any atom is 0.243 e. The summed E-state index contributed by atoms with van der Waals surface area (Å²) in [6.07, 6.45) is 1.75. The highest BCUT2D eigenvalue weighted by Crippen LogP contribution is 2.24. The van der Waals surface area contributed by atoms with Crippen molar-refractivity contribution in [1.29, 1.82) is 0 Å². The summed E-state index contributed by atoms with van der Waals surface area (Å²) in [6, 6.07) is 7.76. The smallest absolute Gasteiger partial charge is 0.243 e. The summed E-state index contributed by atoms with van der Waals surface area (Å²) in [7, 11) is -3.88. The number of rotatable bonds is 4. The van der Waals surface area contributed by atoms with E-state index in [0.29, 0.717) is 18.4 Å². The van der Waals surface area contributed by atoms with E-state index in [2.05, 4.69) is 4.98 Å². The molecule has 23 heavy (non-hydrogen) atoms. The molecule has 0 saturated carbocycles. The Morgan fingerprint density at radius 1 is 1.17 bits per heavy atom. The van der Waals surface area contributed by atoms with Crippen LogP contribution in [0.5, 0.6) is 5.88 Å². The van der Waals surface area contributed by atoms with Gasteiger partial charge in [0.1, 0.15) is 6.10 Å². The summed E-state index contributed by atoms with van der Waals surface area (Å²) in [6.45, 7) is 0.386. The molecule has 5 nitrogen and oxygen atoms in total. The average Bonchev–Trinajstić information content (AvgIpc) is 3.00. The lowest BCUT2D eigenvalue weighted by Crippen LogP contribution is -2.31. The molecule has 1 fully saturated rings. The van der Waals surface area contributed by atoms with Crippen LogP contribution >= 0.6 is 0 Å². The largest absolute Gasteiger partial charge is 0.473 e. The van der Waals surface area contributed by atoms with Crippen LogP contribution in [-0.2, 0) is 10.0 Å². The Kier molecular flexibility index (Phi) is 4.27. The van der Waals surface area contributed by atoms with Crippen LogP contribution in [0.1, 0.15) is 6.42 Å². The molecule has 0 unspecified atom stereocenters. The Morgan fingerprint density at radius 3 is 2.70 bits per heavy atom. The molecule has 0 bridgehead atoms. The summed E-state index contributed by atoms with van der Waals surface area (Å²) < 4.78 is 58.0. The zero-order chi connectivity index (χ0) is 16.4. The molecule has 0 amide bonds. The van der Waals surface area contributed by atoms with Crippen molar-refractivity contribution in [3.05, 3.63) is 54.2 Å². The third-order valence-electron chi connectivity index (χ3n) is 3.56. The Balaban J connectivity index is 1.73. The van der Waals surface area contributed by atoms with E-state index in [1.165, 1.54) is 4.31 Å². The van der Waals surface area contributed by atoms with Gasteiger partial charge >= 0.3 is 0 Å². The van der Waals surface area contributed by atoms with Gasteiger partial charge in [-0.15, -0.1) is 0 Å². The third kappa shape index (κ3) is 3.32. The summed E-state index contributed by atoms with van der Waals surface area (Å²) in [5.41, 5.74) is 0. The number of nitrogens with zero attached hydrogens (tertiary/aromatic N) is 2. The molecular formula is C15H14F2N2O3S. The van der Waals surface area contributed by atoms with Gasteiger partial charge in [0.05, 0.1) is 11.4 Å². The molecule has 1 saturated heterocycles. The van der Waals surface area contributed by atoms with Crippen LogP contribution < -0.4 is 4.74 Å². The van der Waals surface area contributed by atoms with E-state index in [4.69, 9.17) is 4.74 Å². The Morgan fingerprint density at radius 2 is 2.00 bits per heavy atom. The highest BCUT2D eigenvalue weighted by molar-refractivity contribution is 7.89. The van der Waals surface area contributed by atoms with Crippen LogP contribution in [0, 0.1) is 11.6 Å². The lowest BCUT2D eigenvalue weighted by atomic mass is 10.3. The van der Waals surface area contributed by atoms with Gasteiger partial charge in [-0.1, -0.05) is 6.07 Å². The zero-order valence-electron chi connectivity index (χ0n) is 12.0. The SMILES string of the molecule is O=S(=O)(c1ccc(F)c(F)c1)N1CC[C@@H](Oc2ccccn2)C1. The average molecular weight is 340 g/mol. The van der Waals surface area contributed by atoms with Gasteiger partial charge in [-0.3, -0.25) is 0 Å². The first-order chi connectivity index (χ1) is 11.0. The highest BCUT2D eigenvalue weighted by atomic mass is 32.2. The molecule has 1 aromatic carbocycles. The fraction of sp³-hybridized carbons (Fsp3) is 0.267. The minimum absolute atomic E-state index is 0.137. The lowest BCUT2D eigenvalue weighted by Gasteiger charge is -2.17. The Labute approximate surface area is 132 Å². The molecular weight excluding hydrogens is 326 g/mol. The van der Waals surface area contributed by atoms with Crippen LogP contribution in [0.25, 0.3) is 0 Å². The number of halogens is 2. The van der Waals surface area contributed by atoms with E-state index < -0.39 is 21.7 Å². The molecule has 2 heterocycles. The topological polar surface area (TPSA) is 59.5 Å². The Bertz CT molecular complexity index is 800. The molecule has 0 N–H and O–H groups in total. The normalized spacial score (nSPS) is 19.0. The van der Waals surface area contributed by atoms with E-state index in [1.807, 2.05) is 0 Å². The third-order valence-corrected chi connectivity index (χ3v) is 5.42. The second kappa shape index (κ2) is 6.21. The van der Waals surface area contributed by atoms with Crippen LogP contribution in [0.15, 0.2) is 47.5 Å². The van der Waals surface area contributed by atoms with Crippen molar-refractivity contribution in [3.8, 4) is 5.88 Å². The van der Waals surface area contributed by atoms with Gasteiger partial charge in [-0.05, 0) is 30.7 Å². The molecule has 1 aromatic heterocycles. The molecule has 8 heteroatoms. The van der Waals surface area contributed by atoms with Gasteiger partial charge in [-0.25, -0.2) is 22.2 Å². The van der Waals surface area contributed by atoms with Gasteiger partial charge in [0.25, 0.3) is 0 Å². The molecule has 122 valence electrons. The van der Waals surface area contributed by atoms with Crippen LogP contribution in [-0.4, -0.2) is 36.9 Å². The van der Waals surface area contributed by atoms with E-state index in [-0.39, 0.29) is 24.1 Å². The standard InChI is InChI=1S/C15H14F2N2O3S/c16-13-5-4-12(9-14(13)17)23(20,21)19-8-6-11(10-19)22-15-3-1-2-7-18-15/h1-5,7,9,11H,6,8,10H2/t11-/m1/s1. The number of benzene rings is 1. The first-order valence-electron chi connectivity index (χ1n) is 7.00. The summed E-state index contributed by atoms with van der Waals surface area (Å²) >= 11 is 0. The van der Waals surface area contributed by atoms with Gasteiger partial charge in [0.2, 0.25) is 15.9 Å². The van der Waals surface area contributed by atoms with Crippen molar-refractivity contribution in [2.45, 2.75) is 17.4 Å². The monoisotopic (exact) mass is 340 g/mol. The van der Waals surface area contributed by atoms with E-state index >= 15 is 0 Å². The molecule has 1 aliphatic heterocycles. The second-order valence-corrected chi connectivity index (χ2v) is 7.07. The van der Waals surface area contributed by atoms with Gasteiger partial charge in [-0.2, -0.15) is 4.31 Å². The minimum Gasteiger partial charge on any atom is -0.473 e. The summed E-state index contributed by atoms with van der Waals surface area (Å²) in [5, 5.41) is 0. The number of aromatic nitrogens is 1. The van der Waals surface area contributed by atoms with Crippen molar-refractivity contribution < 1.29 is 21.9 Å². The number of hydrogen-bond donors (Lipinski definition) is 0. The fourth-order valence-electron chi connectivity index (χ4n) is 2.39. The molecule has 1 atom stereocenters. The quantitative estimate of drug-likeness (QED) is 0.856. The van der Waals surface area contributed by atoms with Crippen LogP contribution in [0.2, 0.25) is 0 Å². The van der Waals surface area contributed by atoms with Crippen molar-refractivity contribution >= 4 is 10.0 Å². The molecule has 0 spiro atoms. The van der Waals surface area contributed by atoms with E-state index in [1.54, 1.807) is 24.4 Å². The zero-order valence-corrected chi connectivity index (χ0v) is 12.8. The number of pyridine rings is 1. The van der Waals surface area contributed by atoms with E-state index in [0.717, 1.165) is 12.1 Å². The number of ether oxygens (including phenoxy) is 1. The maximum absolute atomic E-state index is 13.3. The molecule has 0 aliphatic carbocycles. The molecule has 0 radical (unpaired) electrons. The number of sulfonamides is 1. The predicted octanol–water partition coefficient (Wildman–Crippen LogP) is 2.20. The van der Waals surface area contributed by atoms with Crippen molar-refractivity contribution in [2.75, 3.05) is 13.1 Å². The maximum atomic E-state index is 13.3. The van der Waals surface area contributed by atoms with Gasteiger partial charge in [0.15, 0.2) is 11.6 Å². The number of hydrogen-bond acceptors (Lipinski definition) is 4. The van der Waals surface area contributed by atoms with Crippen molar-refractivity contribution in [3.63, 3.8) is 0 Å². The first-order valence-corrected chi connectivity index (χ1v) is 8.44. The van der Waals surface area contributed by atoms with Crippen molar-refractivity contribution in [1.82, 2.24) is 9.29 Å². The highest BCUT2D eigenvalue weighted by Gasteiger charge is 2.34. The first kappa shape index (κ1) is 15.8. The second-order valence-electron chi connectivity index (χ2n) is 5.14. The minimum atomic E-state index is -3.88. The molecule has 3 rings (SSSR count). The summed E-state index contributed by atoms with van der Waals surface area (Å²) in [5.74, 6) is -1.85. The van der Waals surface area contributed by atoms with E-state index in [9.17, 15) is 17.2 Å². The lowest BCUT2D eigenvalue weighted by molar-refractivity contribution is 0.207. The van der Waals surface area contributed by atoms with Crippen molar-refractivity contribution in [2.24, 2.45) is 0 Å². The Hall–Kier alpha value is -2.06.